The van der Waals surface area contributed by atoms with Gasteiger partial charge in [0.05, 0.1) is 4.90 Å². The van der Waals surface area contributed by atoms with Crippen LogP contribution in [0.2, 0.25) is 0 Å². The lowest BCUT2D eigenvalue weighted by atomic mass is 10.3. The molecule has 0 bridgehead atoms. The summed E-state index contributed by atoms with van der Waals surface area (Å²) >= 11 is 0. The van der Waals surface area contributed by atoms with Crippen molar-refractivity contribution in [2.45, 2.75) is 24.6 Å². The molecule has 0 saturated heterocycles. The summed E-state index contributed by atoms with van der Waals surface area (Å²) in [6.45, 7) is 3.44. The number of rotatable bonds is 8. The van der Waals surface area contributed by atoms with Crippen LogP contribution in [0.4, 0.5) is 13.2 Å². The fraction of sp³-hybridized carbons (Fsp3) is 0.500. The molecule has 0 amide bonds. The smallest absolute Gasteiger partial charge is 0.406 e. The molecular weight excluding hydrogens is 309 g/mol. The molecule has 0 atom stereocenters. The van der Waals surface area contributed by atoms with Crippen LogP contribution < -0.4 is 14.8 Å². The summed E-state index contributed by atoms with van der Waals surface area (Å²) in [5.41, 5.74) is 0. The van der Waals surface area contributed by atoms with Crippen molar-refractivity contribution < 1.29 is 26.3 Å². The highest BCUT2D eigenvalue weighted by Crippen LogP contribution is 2.23. The normalized spacial score (nSPS) is 12.4. The Kier molecular flexibility index (Phi) is 6.43. The lowest BCUT2D eigenvalue weighted by Gasteiger charge is -2.10. The van der Waals surface area contributed by atoms with Gasteiger partial charge in [0.2, 0.25) is 10.0 Å². The van der Waals surface area contributed by atoms with E-state index in [-0.39, 0.29) is 11.4 Å². The second kappa shape index (κ2) is 7.62. The minimum atomic E-state index is -4.80. The molecule has 0 fully saturated rings. The van der Waals surface area contributed by atoms with E-state index in [1.165, 1.54) is 0 Å². The monoisotopic (exact) mass is 326 g/mol. The molecule has 2 N–H and O–H groups in total. The molecule has 1 rings (SSSR count). The van der Waals surface area contributed by atoms with Crippen LogP contribution >= 0.6 is 0 Å². The molecule has 5 nitrogen and oxygen atoms in total. The van der Waals surface area contributed by atoms with Crippen LogP contribution in [0.25, 0.3) is 0 Å². The van der Waals surface area contributed by atoms with E-state index in [1.54, 1.807) is 0 Å². The van der Waals surface area contributed by atoms with Gasteiger partial charge in [0, 0.05) is 13.1 Å². The second-order valence-electron chi connectivity index (χ2n) is 4.17. The highest BCUT2D eigenvalue weighted by atomic mass is 32.2. The first-order chi connectivity index (χ1) is 9.74. The number of sulfonamides is 1. The van der Waals surface area contributed by atoms with Gasteiger partial charge in [0.15, 0.2) is 0 Å². The minimum Gasteiger partial charge on any atom is -0.406 e. The maximum absolute atomic E-state index is 12.0. The Morgan fingerprint density at radius 2 is 1.71 bits per heavy atom. The van der Waals surface area contributed by atoms with Crippen molar-refractivity contribution >= 4 is 10.0 Å². The number of alkyl halides is 3. The molecule has 0 aromatic heterocycles. The summed E-state index contributed by atoms with van der Waals surface area (Å²) in [5.74, 6) is -0.467. The lowest BCUT2D eigenvalue weighted by molar-refractivity contribution is -0.274. The van der Waals surface area contributed by atoms with E-state index in [0.717, 1.165) is 37.2 Å². The van der Waals surface area contributed by atoms with Crippen molar-refractivity contribution in [3.8, 4) is 5.75 Å². The Hall–Kier alpha value is -1.32. The standard InChI is InChI=1S/C12H17F3N2O3S/c1-2-7-16-8-9-17-21(18,19)11-5-3-10(4-6-11)20-12(13,14)15/h3-6,16-17H,2,7-9H2,1H3. The van der Waals surface area contributed by atoms with Gasteiger partial charge in [0.1, 0.15) is 5.75 Å². The Bertz CT molecular complexity index is 530. The Morgan fingerprint density at radius 1 is 1.10 bits per heavy atom. The van der Waals surface area contributed by atoms with Crippen molar-refractivity contribution in [1.29, 1.82) is 0 Å². The third-order valence-corrected chi connectivity index (χ3v) is 3.87. The SMILES string of the molecule is CCCNCCNS(=O)(=O)c1ccc(OC(F)(F)F)cc1. The predicted molar refractivity (Wildman–Crippen MR) is 71.5 cm³/mol. The second-order valence-corrected chi connectivity index (χ2v) is 5.93. The van der Waals surface area contributed by atoms with Gasteiger partial charge in [-0.05, 0) is 37.2 Å². The first-order valence-electron chi connectivity index (χ1n) is 6.31. The fourth-order valence-corrected chi connectivity index (χ4v) is 2.51. The molecule has 0 heterocycles. The van der Waals surface area contributed by atoms with Crippen LogP contribution in [0.15, 0.2) is 29.2 Å². The largest absolute Gasteiger partial charge is 0.573 e. The van der Waals surface area contributed by atoms with Crippen molar-refractivity contribution in [3.05, 3.63) is 24.3 Å². The van der Waals surface area contributed by atoms with Crippen LogP contribution in [-0.4, -0.2) is 34.4 Å². The number of halogens is 3. The zero-order chi connectivity index (χ0) is 15.9. The summed E-state index contributed by atoms with van der Waals surface area (Å²) in [6.07, 6.45) is -3.86. The van der Waals surface area contributed by atoms with Gasteiger partial charge in [0.25, 0.3) is 0 Å². The molecule has 0 aliphatic rings. The fourth-order valence-electron chi connectivity index (χ4n) is 1.48. The highest BCUT2D eigenvalue weighted by Gasteiger charge is 2.31. The van der Waals surface area contributed by atoms with E-state index in [9.17, 15) is 21.6 Å². The van der Waals surface area contributed by atoms with Gasteiger partial charge in [-0.25, -0.2) is 13.1 Å². The summed E-state index contributed by atoms with van der Waals surface area (Å²) in [4.78, 5) is -0.118. The van der Waals surface area contributed by atoms with Gasteiger partial charge < -0.3 is 10.1 Å². The van der Waals surface area contributed by atoms with E-state index in [4.69, 9.17) is 0 Å². The molecule has 21 heavy (non-hydrogen) atoms. The molecule has 120 valence electrons. The van der Waals surface area contributed by atoms with E-state index in [0.29, 0.717) is 6.54 Å². The number of benzene rings is 1. The average molecular weight is 326 g/mol. The molecule has 1 aromatic rings. The van der Waals surface area contributed by atoms with Gasteiger partial charge in [-0.1, -0.05) is 6.92 Å². The summed E-state index contributed by atoms with van der Waals surface area (Å²) in [6, 6.07) is 4.03. The third kappa shape index (κ3) is 6.78. The summed E-state index contributed by atoms with van der Waals surface area (Å²) < 4.78 is 65.7. The Morgan fingerprint density at radius 3 is 2.24 bits per heavy atom. The molecule has 0 aliphatic carbocycles. The van der Waals surface area contributed by atoms with E-state index < -0.39 is 22.1 Å². The van der Waals surface area contributed by atoms with Gasteiger partial charge in [-0.2, -0.15) is 0 Å². The highest BCUT2D eigenvalue weighted by molar-refractivity contribution is 7.89. The Labute approximate surface area is 121 Å². The first kappa shape index (κ1) is 17.7. The quantitative estimate of drug-likeness (QED) is 0.716. The lowest BCUT2D eigenvalue weighted by Crippen LogP contribution is -2.32. The van der Waals surface area contributed by atoms with Crippen LogP contribution in [0.3, 0.4) is 0 Å². The zero-order valence-electron chi connectivity index (χ0n) is 11.4. The number of hydrogen-bond donors (Lipinski definition) is 2. The molecule has 0 aliphatic heterocycles. The van der Waals surface area contributed by atoms with Crippen molar-refractivity contribution in [3.63, 3.8) is 0 Å². The molecule has 0 unspecified atom stereocenters. The predicted octanol–water partition coefficient (Wildman–Crippen LogP) is 1.86. The number of nitrogens with one attached hydrogen (secondary N) is 2. The van der Waals surface area contributed by atoms with E-state index >= 15 is 0 Å². The van der Waals surface area contributed by atoms with E-state index in [2.05, 4.69) is 14.8 Å². The first-order valence-corrected chi connectivity index (χ1v) is 7.79. The maximum atomic E-state index is 12.0. The Balaban J connectivity index is 2.59. The van der Waals surface area contributed by atoms with Crippen LogP contribution in [0, 0.1) is 0 Å². The molecular formula is C12H17F3N2O3S. The van der Waals surface area contributed by atoms with Crippen molar-refractivity contribution in [2.24, 2.45) is 0 Å². The van der Waals surface area contributed by atoms with Crippen molar-refractivity contribution in [1.82, 2.24) is 10.0 Å². The topological polar surface area (TPSA) is 67.4 Å². The van der Waals surface area contributed by atoms with Crippen LogP contribution in [0.1, 0.15) is 13.3 Å². The summed E-state index contributed by atoms with van der Waals surface area (Å²) in [7, 11) is -3.73. The van der Waals surface area contributed by atoms with Crippen LogP contribution in [0.5, 0.6) is 5.75 Å². The minimum absolute atomic E-state index is 0.118. The molecule has 0 spiro atoms. The van der Waals surface area contributed by atoms with E-state index in [1.807, 2.05) is 6.92 Å². The number of ether oxygens (including phenoxy) is 1. The average Bonchev–Trinajstić information content (AvgIpc) is 2.37. The van der Waals surface area contributed by atoms with Gasteiger partial charge in [-0.3, -0.25) is 0 Å². The third-order valence-electron chi connectivity index (χ3n) is 2.39. The maximum Gasteiger partial charge on any atom is 0.573 e. The molecule has 0 saturated carbocycles. The van der Waals surface area contributed by atoms with Crippen LogP contribution in [-0.2, 0) is 10.0 Å². The summed E-state index contributed by atoms with van der Waals surface area (Å²) in [5, 5.41) is 3.02. The van der Waals surface area contributed by atoms with Gasteiger partial charge in [-0.15, -0.1) is 13.2 Å². The number of hydrogen-bond acceptors (Lipinski definition) is 4. The molecule has 0 radical (unpaired) electrons. The van der Waals surface area contributed by atoms with Crippen molar-refractivity contribution in [2.75, 3.05) is 19.6 Å². The molecule has 1 aromatic carbocycles. The molecule has 9 heteroatoms. The van der Waals surface area contributed by atoms with Gasteiger partial charge >= 0.3 is 6.36 Å². The zero-order valence-corrected chi connectivity index (χ0v) is 12.2.